The van der Waals surface area contributed by atoms with E-state index < -0.39 is 45.4 Å². The first kappa shape index (κ1) is 14.3. The van der Waals surface area contributed by atoms with Gasteiger partial charge in [0.25, 0.3) is 0 Å². The molecule has 0 amide bonds. The van der Waals surface area contributed by atoms with Crippen molar-refractivity contribution in [2.45, 2.75) is 25.2 Å². The lowest BCUT2D eigenvalue weighted by Crippen LogP contribution is -2.40. The molecular weight excluding hydrogens is 224 g/mol. The molecule has 0 rings (SSSR count). The number of hydrogen-bond donors (Lipinski definition) is 3. The van der Waals surface area contributed by atoms with E-state index in [4.69, 9.17) is 15.3 Å². The van der Waals surface area contributed by atoms with Gasteiger partial charge in [0.15, 0.2) is 15.1 Å². The van der Waals surface area contributed by atoms with Crippen LogP contribution >= 0.6 is 0 Å². The maximum absolute atomic E-state index is 11.5. The fraction of sp³-hybridized carbons (Fsp3) is 0.875. The summed E-state index contributed by atoms with van der Waals surface area (Å²) >= 11 is 0. The van der Waals surface area contributed by atoms with Crippen LogP contribution in [0.2, 0.25) is 0 Å². The number of hydrogen-bond acceptors (Lipinski definition) is 5. The van der Waals surface area contributed by atoms with Crippen molar-refractivity contribution in [1.82, 2.24) is 0 Å². The van der Waals surface area contributed by atoms with E-state index in [1.54, 1.807) is 0 Å². The summed E-state index contributed by atoms with van der Waals surface area (Å²) in [4.78, 5) is 10.7. The van der Waals surface area contributed by atoms with Gasteiger partial charge in [-0.2, -0.15) is 0 Å². The summed E-state index contributed by atoms with van der Waals surface area (Å²) < 4.78 is 23.1. The molecule has 0 aliphatic carbocycles. The molecular formula is C8H16O6S. The normalized spacial score (nSPS) is 16.3. The lowest BCUT2D eigenvalue weighted by molar-refractivity contribution is -0.137. The molecule has 0 saturated carbocycles. The zero-order chi connectivity index (χ0) is 12.2. The average molecular weight is 240 g/mol. The number of aliphatic hydroxyl groups excluding tert-OH is 2. The molecule has 0 aromatic rings. The van der Waals surface area contributed by atoms with Crippen molar-refractivity contribution in [2.75, 3.05) is 12.4 Å². The highest BCUT2D eigenvalue weighted by molar-refractivity contribution is 7.92. The Bertz CT molecular complexity index is 307. The van der Waals surface area contributed by atoms with Crippen LogP contribution in [-0.4, -0.2) is 53.4 Å². The summed E-state index contributed by atoms with van der Waals surface area (Å²) in [6.45, 7) is 2.24. The summed E-state index contributed by atoms with van der Waals surface area (Å²) in [5, 5.41) is 24.7. The maximum Gasteiger partial charge on any atom is 0.322 e. The largest absolute Gasteiger partial charge is 0.480 e. The summed E-state index contributed by atoms with van der Waals surface area (Å²) in [7, 11) is -3.94. The van der Waals surface area contributed by atoms with E-state index in [-0.39, 0.29) is 0 Å². The zero-order valence-electron chi connectivity index (χ0n) is 8.62. The van der Waals surface area contributed by atoms with Crippen molar-refractivity contribution in [3.05, 3.63) is 0 Å². The Morgan fingerprint density at radius 1 is 1.33 bits per heavy atom. The fourth-order valence-corrected chi connectivity index (χ4v) is 3.26. The number of carboxylic acid groups (broad SMARTS) is 1. The van der Waals surface area contributed by atoms with Gasteiger partial charge in [-0.25, -0.2) is 8.42 Å². The van der Waals surface area contributed by atoms with Gasteiger partial charge in [-0.1, -0.05) is 13.8 Å². The molecule has 3 N–H and O–H groups in total. The second-order valence-electron chi connectivity index (χ2n) is 3.67. The van der Waals surface area contributed by atoms with Crippen molar-refractivity contribution >= 4 is 15.8 Å². The van der Waals surface area contributed by atoms with Gasteiger partial charge in [-0.05, 0) is 5.92 Å². The number of aliphatic carboxylic acids is 1. The number of aliphatic hydroxyl groups is 2. The van der Waals surface area contributed by atoms with E-state index in [0.29, 0.717) is 0 Å². The molecule has 15 heavy (non-hydrogen) atoms. The molecule has 0 aromatic carbocycles. The maximum atomic E-state index is 11.5. The van der Waals surface area contributed by atoms with Gasteiger partial charge in [0.05, 0.1) is 18.5 Å². The molecule has 7 heteroatoms. The monoisotopic (exact) mass is 240 g/mol. The molecule has 2 unspecified atom stereocenters. The third-order valence-corrected chi connectivity index (χ3v) is 4.24. The molecule has 0 radical (unpaired) electrons. The van der Waals surface area contributed by atoms with Crippen LogP contribution in [0.1, 0.15) is 13.8 Å². The molecule has 90 valence electrons. The van der Waals surface area contributed by atoms with Crippen molar-refractivity contribution in [3.63, 3.8) is 0 Å². The minimum absolute atomic E-state index is 0.585. The predicted molar refractivity (Wildman–Crippen MR) is 53.1 cm³/mol. The molecule has 0 fully saturated rings. The van der Waals surface area contributed by atoms with E-state index in [2.05, 4.69) is 0 Å². The van der Waals surface area contributed by atoms with Gasteiger partial charge in [0.1, 0.15) is 0 Å². The average Bonchev–Trinajstić information content (AvgIpc) is 2.00. The van der Waals surface area contributed by atoms with E-state index in [1.807, 2.05) is 0 Å². The highest BCUT2D eigenvalue weighted by atomic mass is 32.2. The molecule has 0 aromatic heterocycles. The van der Waals surface area contributed by atoms with Crippen LogP contribution in [0.25, 0.3) is 0 Å². The molecule has 0 bridgehead atoms. The molecule has 0 aliphatic rings. The molecule has 0 spiro atoms. The van der Waals surface area contributed by atoms with Gasteiger partial charge in [0, 0.05) is 0 Å². The number of sulfone groups is 1. The van der Waals surface area contributed by atoms with E-state index in [1.165, 1.54) is 13.8 Å². The van der Waals surface area contributed by atoms with Crippen molar-refractivity contribution in [2.24, 2.45) is 5.92 Å². The fourth-order valence-electron chi connectivity index (χ4n) is 1.28. The highest BCUT2D eigenvalue weighted by Gasteiger charge is 2.36. The van der Waals surface area contributed by atoms with Gasteiger partial charge >= 0.3 is 5.97 Å². The number of carbonyl (C=O) groups is 1. The Balaban J connectivity index is 4.89. The minimum Gasteiger partial charge on any atom is -0.480 e. The quantitative estimate of drug-likeness (QED) is 0.541. The van der Waals surface area contributed by atoms with Crippen molar-refractivity contribution in [1.29, 1.82) is 0 Å². The smallest absolute Gasteiger partial charge is 0.322 e. The Kier molecular flexibility index (Phi) is 5.19. The Morgan fingerprint density at radius 3 is 2.07 bits per heavy atom. The third-order valence-electron chi connectivity index (χ3n) is 1.87. The van der Waals surface area contributed by atoms with Crippen LogP contribution in [0.4, 0.5) is 0 Å². The second kappa shape index (κ2) is 5.43. The van der Waals surface area contributed by atoms with Crippen molar-refractivity contribution < 1.29 is 28.5 Å². The first-order valence-corrected chi connectivity index (χ1v) is 6.17. The van der Waals surface area contributed by atoms with E-state index in [9.17, 15) is 13.2 Å². The standard InChI is InChI=1S/C8H16O6S/c1-5(2)7(8(11)12)15(13,14)4-6(10)3-9/h5-7,9-10H,3-4H2,1-2H3,(H,11,12). The van der Waals surface area contributed by atoms with Crippen LogP contribution < -0.4 is 0 Å². The van der Waals surface area contributed by atoms with Gasteiger partial charge < -0.3 is 15.3 Å². The van der Waals surface area contributed by atoms with Gasteiger partial charge in [0.2, 0.25) is 0 Å². The van der Waals surface area contributed by atoms with E-state index >= 15 is 0 Å². The third kappa shape index (κ3) is 4.15. The van der Waals surface area contributed by atoms with Crippen molar-refractivity contribution in [3.8, 4) is 0 Å². The first-order chi connectivity index (χ1) is 6.72. The summed E-state index contributed by atoms with van der Waals surface area (Å²) in [5.41, 5.74) is 0. The second-order valence-corrected chi connectivity index (χ2v) is 5.84. The van der Waals surface area contributed by atoms with Crippen LogP contribution in [0, 0.1) is 5.92 Å². The molecule has 0 aliphatic heterocycles. The van der Waals surface area contributed by atoms with E-state index in [0.717, 1.165) is 0 Å². The number of carboxylic acids is 1. The van der Waals surface area contributed by atoms with Crippen LogP contribution in [0.15, 0.2) is 0 Å². The summed E-state index contributed by atoms with van der Waals surface area (Å²) in [5.74, 6) is -2.76. The zero-order valence-corrected chi connectivity index (χ0v) is 9.44. The molecule has 0 heterocycles. The lowest BCUT2D eigenvalue weighted by atomic mass is 10.1. The van der Waals surface area contributed by atoms with Crippen LogP contribution in [0.5, 0.6) is 0 Å². The predicted octanol–water partition coefficient (Wildman–Crippen LogP) is -1.14. The minimum atomic E-state index is -3.94. The van der Waals surface area contributed by atoms with Gasteiger partial charge in [-0.3, -0.25) is 4.79 Å². The summed E-state index contributed by atoms with van der Waals surface area (Å²) in [6.07, 6.45) is -1.43. The molecule has 0 saturated heterocycles. The SMILES string of the molecule is CC(C)C(C(=O)O)S(=O)(=O)CC(O)CO. The Labute approximate surface area is 88.5 Å². The first-order valence-electron chi connectivity index (χ1n) is 4.45. The highest BCUT2D eigenvalue weighted by Crippen LogP contribution is 2.14. The topological polar surface area (TPSA) is 112 Å². The summed E-state index contributed by atoms with van der Waals surface area (Å²) in [6, 6.07) is 0. The van der Waals surface area contributed by atoms with Gasteiger partial charge in [-0.15, -0.1) is 0 Å². The van der Waals surface area contributed by atoms with Crippen LogP contribution in [-0.2, 0) is 14.6 Å². The molecule has 2 atom stereocenters. The molecule has 6 nitrogen and oxygen atoms in total. The lowest BCUT2D eigenvalue weighted by Gasteiger charge is -2.18. The number of rotatable bonds is 6. The van der Waals surface area contributed by atoms with Crippen LogP contribution in [0.3, 0.4) is 0 Å². The Hall–Kier alpha value is -0.660. The Morgan fingerprint density at radius 2 is 1.80 bits per heavy atom.